The van der Waals surface area contributed by atoms with E-state index in [0.717, 1.165) is 26.1 Å². The second-order valence-corrected chi connectivity index (χ2v) is 5.54. The first kappa shape index (κ1) is 12.5. The van der Waals surface area contributed by atoms with Crippen LogP contribution in [0.5, 0.6) is 0 Å². The van der Waals surface area contributed by atoms with Crippen molar-refractivity contribution < 1.29 is 4.79 Å². The number of hydrogen-bond donors (Lipinski definition) is 1. The number of amides is 1. The van der Waals surface area contributed by atoms with Gasteiger partial charge in [0.2, 0.25) is 0 Å². The predicted octanol–water partition coefficient (Wildman–Crippen LogP) is 1.08. The molecule has 102 valence electrons. The quantitative estimate of drug-likeness (QED) is 0.860. The van der Waals surface area contributed by atoms with Crippen molar-refractivity contribution in [2.24, 2.45) is 5.92 Å². The lowest BCUT2D eigenvalue weighted by molar-refractivity contribution is 0.0727. The Morgan fingerprint density at radius 1 is 1.32 bits per heavy atom. The summed E-state index contributed by atoms with van der Waals surface area (Å²) in [4.78, 5) is 22.6. The average Bonchev–Trinajstić information content (AvgIpc) is 3.12. The summed E-state index contributed by atoms with van der Waals surface area (Å²) in [7, 11) is 0. The van der Waals surface area contributed by atoms with E-state index in [-0.39, 0.29) is 5.91 Å². The maximum atomic E-state index is 12.5. The summed E-state index contributed by atoms with van der Waals surface area (Å²) in [6.07, 6.45) is 9.61. The molecule has 1 unspecified atom stereocenters. The molecule has 1 saturated carbocycles. The molecule has 5 heteroatoms. The van der Waals surface area contributed by atoms with E-state index in [1.165, 1.54) is 19.3 Å². The molecule has 5 nitrogen and oxygen atoms in total. The lowest BCUT2D eigenvalue weighted by Gasteiger charge is -2.25. The van der Waals surface area contributed by atoms with Crippen LogP contribution in [-0.4, -0.2) is 46.5 Å². The molecular formula is C14H20N4O. The molecule has 1 aromatic heterocycles. The van der Waals surface area contributed by atoms with Gasteiger partial charge in [-0.1, -0.05) is 0 Å². The van der Waals surface area contributed by atoms with Crippen LogP contribution in [0.25, 0.3) is 0 Å². The number of nitrogens with zero attached hydrogens (tertiary/aromatic N) is 3. The molecule has 1 N–H and O–H groups in total. The number of carbonyl (C=O) groups excluding carboxylic acids is 1. The van der Waals surface area contributed by atoms with E-state index in [0.29, 0.717) is 17.7 Å². The molecule has 19 heavy (non-hydrogen) atoms. The van der Waals surface area contributed by atoms with E-state index < -0.39 is 0 Å². The first-order chi connectivity index (χ1) is 9.33. The van der Waals surface area contributed by atoms with E-state index in [1.807, 2.05) is 4.90 Å². The van der Waals surface area contributed by atoms with Gasteiger partial charge in [-0.3, -0.25) is 9.78 Å². The number of nitrogens with one attached hydrogen (secondary N) is 1. The minimum atomic E-state index is 0.0219. The Morgan fingerprint density at radius 3 is 2.84 bits per heavy atom. The second-order valence-electron chi connectivity index (χ2n) is 5.54. The normalized spacial score (nSPS) is 22.4. The van der Waals surface area contributed by atoms with Crippen molar-refractivity contribution in [3.63, 3.8) is 0 Å². The Bertz CT molecular complexity index is 426. The van der Waals surface area contributed by atoms with Gasteiger partial charge < -0.3 is 10.2 Å². The van der Waals surface area contributed by atoms with Gasteiger partial charge >= 0.3 is 0 Å². The monoisotopic (exact) mass is 260 g/mol. The Morgan fingerprint density at radius 2 is 2.21 bits per heavy atom. The van der Waals surface area contributed by atoms with Gasteiger partial charge in [-0.15, -0.1) is 0 Å². The van der Waals surface area contributed by atoms with E-state index in [2.05, 4.69) is 15.3 Å². The molecule has 1 amide bonds. The third-order valence-electron chi connectivity index (χ3n) is 3.85. The van der Waals surface area contributed by atoms with Crippen LogP contribution in [0.1, 0.15) is 36.2 Å². The zero-order chi connectivity index (χ0) is 13.1. The summed E-state index contributed by atoms with van der Waals surface area (Å²) < 4.78 is 0. The summed E-state index contributed by atoms with van der Waals surface area (Å²) in [5.41, 5.74) is 0.459. The summed E-state index contributed by atoms with van der Waals surface area (Å²) in [5, 5.41) is 3.46. The van der Waals surface area contributed by atoms with Crippen molar-refractivity contribution in [3.8, 4) is 0 Å². The van der Waals surface area contributed by atoms with Crippen LogP contribution >= 0.6 is 0 Å². The maximum Gasteiger partial charge on any atom is 0.274 e. The summed E-state index contributed by atoms with van der Waals surface area (Å²) in [6, 6.07) is 0.444. The van der Waals surface area contributed by atoms with Crippen LogP contribution in [0.2, 0.25) is 0 Å². The molecule has 0 radical (unpaired) electrons. The lowest BCUT2D eigenvalue weighted by Crippen LogP contribution is -2.42. The number of rotatable bonds is 5. The minimum absolute atomic E-state index is 0.0219. The summed E-state index contributed by atoms with van der Waals surface area (Å²) >= 11 is 0. The second kappa shape index (κ2) is 5.65. The van der Waals surface area contributed by atoms with E-state index in [9.17, 15) is 4.79 Å². The minimum Gasteiger partial charge on any atom is -0.335 e. The molecule has 0 aromatic carbocycles. The van der Waals surface area contributed by atoms with Crippen molar-refractivity contribution in [3.05, 3.63) is 24.3 Å². The molecule has 0 spiro atoms. The molecule has 1 aliphatic carbocycles. The zero-order valence-electron chi connectivity index (χ0n) is 11.1. The first-order valence-corrected chi connectivity index (χ1v) is 7.11. The fourth-order valence-corrected chi connectivity index (χ4v) is 2.60. The molecule has 1 saturated heterocycles. The SMILES string of the molecule is O=C(c1cnccn1)N(CC1CC1)CC1CCCN1. The fraction of sp³-hybridized carbons (Fsp3) is 0.643. The van der Waals surface area contributed by atoms with Crippen molar-refractivity contribution >= 4 is 5.91 Å². The summed E-state index contributed by atoms with van der Waals surface area (Å²) in [6.45, 7) is 2.74. The van der Waals surface area contributed by atoms with Gasteiger partial charge in [0, 0.05) is 31.5 Å². The number of carbonyl (C=O) groups is 1. The topological polar surface area (TPSA) is 58.1 Å². The van der Waals surface area contributed by atoms with Gasteiger partial charge in [0.05, 0.1) is 6.20 Å². The smallest absolute Gasteiger partial charge is 0.274 e. The Balaban J connectivity index is 1.68. The fourth-order valence-electron chi connectivity index (χ4n) is 2.60. The standard InChI is InChI=1S/C14H20N4O/c19-14(13-8-15-6-7-17-13)18(9-11-3-4-11)10-12-2-1-5-16-12/h6-8,11-12,16H,1-5,9-10H2. The van der Waals surface area contributed by atoms with Gasteiger partial charge in [0.1, 0.15) is 5.69 Å². The van der Waals surface area contributed by atoms with Crippen LogP contribution in [-0.2, 0) is 0 Å². The summed E-state index contributed by atoms with van der Waals surface area (Å²) in [5.74, 6) is 0.718. The van der Waals surface area contributed by atoms with Crippen LogP contribution in [0.4, 0.5) is 0 Å². The number of aromatic nitrogens is 2. The van der Waals surface area contributed by atoms with Crippen LogP contribution in [0.15, 0.2) is 18.6 Å². The van der Waals surface area contributed by atoms with Gasteiger partial charge in [-0.2, -0.15) is 0 Å². The van der Waals surface area contributed by atoms with Crippen molar-refractivity contribution in [2.45, 2.75) is 31.7 Å². The molecule has 0 bridgehead atoms. The van der Waals surface area contributed by atoms with Crippen LogP contribution in [0.3, 0.4) is 0 Å². The van der Waals surface area contributed by atoms with Crippen LogP contribution in [0, 0.1) is 5.92 Å². The molecule has 1 aromatic rings. The third-order valence-corrected chi connectivity index (χ3v) is 3.85. The lowest BCUT2D eigenvalue weighted by atomic mass is 10.2. The van der Waals surface area contributed by atoms with Gasteiger partial charge in [-0.05, 0) is 38.1 Å². The predicted molar refractivity (Wildman–Crippen MR) is 71.7 cm³/mol. The van der Waals surface area contributed by atoms with Crippen LogP contribution < -0.4 is 5.32 Å². The first-order valence-electron chi connectivity index (χ1n) is 7.11. The molecule has 3 rings (SSSR count). The molecule has 1 aliphatic heterocycles. The molecular weight excluding hydrogens is 240 g/mol. The Hall–Kier alpha value is -1.49. The molecule has 2 aliphatic rings. The van der Waals surface area contributed by atoms with Crippen molar-refractivity contribution in [1.29, 1.82) is 0 Å². The molecule has 2 heterocycles. The maximum absolute atomic E-state index is 12.5. The van der Waals surface area contributed by atoms with Crippen molar-refractivity contribution in [2.75, 3.05) is 19.6 Å². The molecule has 1 atom stereocenters. The van der Waals surface area contributed by atoms with Gasteiger partial charge in [-0.25, -0.2) is 4.98 Å². The van der Waals surface area contributed by atoms with E-state index >= 15 is 0 Å². The van der Waals surface area contributed by atoms with E-state index in [1.54, 1.807) is 18.6 Å². The third kappa shape index (κ3) is 3.29. The highest BCUT2D eigenvalue weighted by molar-refractivity contribution is 5.92. The average molecular weight is 260 g/mol. The van der Waals surface area contributed by atoms with Gasteiger partial charge in [0.25, 0.3) is 5.91 Å². The Labute approximate surface area is 113 Å². The number of hydrogen-bond acceptors (Lipinski definition) is 4. The Kier molecular flexibility index (Phi) is 3.73. The van der Waals surface area contributed by atoms with E-state index in [4.69, 9.17) is 0 Å². The highest BCUT2D eigenvalue weighted by Crippen LogP contribution is 2.30. The largest absolute Gasteiger partial charge is 0.335 e. The zero-order valence-corrected chi connectivity index (χ0v) is 11.1. The van der Waals surface area contributed by atoms with Gasteiger partial charge in [0.15, 0.2) is 0 Å². The highest BCUT2D eigenvalue weighted by atomic mass is 16.2. The molecule has 2 fully saturated rings. The highest BCUT2D eigenvalue weighted by Gasteiger charge is 2.29. The van der Waals surface area contributed by atoms with Crippen molar-refractivity contribution in [1.82, 2.24) is 20.2 Å².